The number of nitrogens with zero attached hydrogens (tertiary/aromatic N) is 2. The number of ether oxygens (including phenoxy) is 2. The lowest BCUT2D eigenvalue weighted by Gasteiger charge is -2.15. The second-order valence-electron chi connectivity index (χ2n) is 6.25. The molecule has 0 fully saturated rings. The normalized spacial score (nSPS) is 11.7. The van der Waals surface area contributed by atoms with E-state index in [-0.39, 0.29) is 21.1 Å². The maximum absolute atomic E-state index is 12.5. The first kappa shape index (κ1) is 19.9. The van der Waals surface area contributed by atoms with E-state index >= 15 is 0 Å². The molecule has 1 aromatic carbocycles. The van der Waals surface area contributed by atoms with Gasteiger partial charge in [0.05, 0.1) is 19.9 Å². The van der Waals surface area contributed by atoms with Gasteiger partial charge < -0.3 is 14.8 Å². The van der Waals surface area contributed by atoms with Crippen LogP contribution in [0.2, 0.25) is 0 Å². The molecule has 1 aromatic heterocycles. The molecule has 0 aliphatic carbocycles. The van der Waals surface area contributed by atoms with Crippen molar-refractivity contribution in [3.8, 4) is 11.5 Å². The maximum Gasteiger partial charge on any atom is 0.291 e. The first-order valence-electron chi connectivity index (χ1n) is 7.46. The molecule has 0 spiro atoms. The van der Waals surface area contributed by atoms with Crippen molar-refractivity contribution in [1.29, 1.82) is 0 Å². The Morgan fingerprint density at radius 2 is 1.85 bits per heavy atom. The highest BCUT2D eigenvalue weighted by molar-refractivity contribution is 7.94. The number of hydrogen-bond acceptors (Lipinski definition) is 8. The summed E-state index contributed by atoms with van der Waals surface area (Å²) >= 11 is 0.754. The van der Waals surface area contributed by atoms with E-state index in [1.807, 2.05) is 0 Å². The van der Waals surface area contributed by atoms with Crippen molar-refractivity contribution in [1.82, 2.24) is 10.2 Å². The highest BCUT2D eigenvalue weighted by Gasteiger charge is 2.26. The van der Waals surface area contributed by atoms with Gasteiger partial charge in [-0.3, -0.25) is 9.52 Å². The number of nitrogens with one attached hydrogen (secondary N) is 2. The molecule has 142 valence electrons. The van der Waals surface area contributed by atoms with E-state index < -0.39 is 15.4 Å². The molecule has 1 heterocycles. The third-order valence-corrected chi connectivity index (χ3v) is 5.76. The number of amides is 1. The molecule has 26 heavy (non-hydrogen) atoms. The summed E-state index contributed by atoms with van der Waals surface area (Å²) in [5, 5.41) is 10.0. The van der Waals surface area contributed by atoms with Crippen LogP contribution in [-0.2, 0) is 14.8 Å². The second kappa shape index (κ2) is 7.46. The molecule has 0 atom stereocenters. The van der Waals surface area contributed by atoms with Crippen molar-refractivity contribution >= 4 is 38.1 Å². The predicted molar refractivity (Wildman–Crippen MR) is 98.3 cm³/mol. The molecule has 0 saturated carbocycles. The minimum absolute atomic E-state index is 0.104. The van der Waals surface area contributed by atoms with Crippen molar-refractivity contribution in [2.24, 2.45) is 5.41 Å². The maximum atomic E-state index is 12.5. The van der Waals surface area contributed by atoms with Crippen molar-refractivity contribution < 1.29 is 22.7 Å². The minimum Gasteiger partial charge on any atom is -0.497 e. The molecule has 2 rings (SSSR count). The van der Waals surface area contributed by atoms with Crippen LogP contribution in [0.3, 0.4) is 0 Å². The van der Waals surface area contributed by atoms with E-state index in [1.54, 1.807) is 32.9 Å². The van der Waals surface area contributed by atoms with Crippen LogP contribution >= 0.6 is 11.3 Å². The number of anilines is 2. The highest BCUT2D eigenvalue weighted by atomic mass is 32.2. The van der Waals surface area contributed by atoms with E-state index in [4.69, 9.17) is 9.47 Å². The zero-order valence-corrected chi connectivity index (χ0v) is 16.6. The van der Waals surface area contributed by atoms with Gasteiger partial charge in [-0.15, -0.1) is 10.2 Å². The number of carbonyl (C=O) groups is 1. The fraction of sp³-hybridized carbons (Fsp3) is 0.400. The topological polar surface area (TPSA) is 120 Å². The second-order valence-corrected chi connectivity index (χ2v) is 9.08. The Kier molecular flexibility index (Phi) is 5.71. The van der Waals surface area contributed by atoms with Gasteiger partial charge >= 0.3 is 0 Å². The van der Waals surface area contributed by atoms with Crippen LogP contribution in [0.25, 0.3) is 0 Å². The number of methoxy groups -OCH3 is 2. The van der Waals surface area contributed by atoms with Crippen LogP contribution < -0.4 is 19.5 Å². The quantitative estimate of drug-likeness (QED) is 0.714. The zero-order chi connectivity index (χ0) is 19.5. The van der Waals surface area contributed by atoms with Crippen LogP contribution in [0.1, 0.15) is 20.8 Å². The monoisotopic (exact) mass is 400 g/mol. The number of aromatic nitrogens is 2. The Balaban J connectivity index is 2.23. The predicted octanol–water partition coefficient (Wildman–Crippen LogP) is 2.34. The Morgan fingerprint density at radius 3 is 2.42 bits per heavy atom. The summed E-state index contributed by atoms with van der Waals surface area (Å²) in [6.07, 6.45) is 0. The molecule has 0 unspecified atom stereocenters. The number of sulfonamides is 1. The van der Waals surface area contributed by atoms with E-state index in [0.29, 0.717) is 11.5 Å². The molecule has 0 bridgehead atoms. The van der Waals surface area contributed by atoms with Gasteiger partial charge in [-0.1, -0.05) is 32.1 Å². The average Bonchev–Trinajstić information content (AvgIpc) is 3.03. The van der Waals surface area contributed by atoms with Gasteiger partial charge in [0.25, 0.3) is 14.4 Å². The molecular weight excluding hydrogens is 380 g/mol. The van der Waals surface area contributed by atoms with Gasteiger partial charge in [0, 0.05) is 11.5 Å². The molecule has 0 aliphatic rings. The Bertz CT molecular complexity index is 903. The van der Waals surface area contributed by atoms with Gasteiger partial charge in [0.2, 0.25) is 11.0 Å². The van der Waals surface area contributed by atoms with E-state index in [1.165, 1.54) is 20.3 Å². The zero-order valence-electron chi connectivity index (χ0n) is 15.0. The molecule has 9 nitrogen and oxygen atoms in total. The average molecular weight is 400 g/mol. The standard InChI is InChI=1S/C15H20N4O5S2/c1-15(2,3)12(20)16-13-17-18-14(25-13)26(21,22)19-10-7-6-9(23-4)8-11(10)24-5/h6-8,19H,1-5H3,(H,16,17,20). The number of hydrogen-bond donors (Lipinski definition) is 2. The first-order valence-corrected chi connectivity index (χ1v) is 9.76. The van der Waals surface area contributed by atoms with Crippen molar-refractivity contribution in [3.63, 3.8) is 0 Å². The Labute approximate surface area is 155 Å². The summed E-state index contributed by atoms with van der Waals surface area (Å²) in [5.41, 5.74) is -0.414. The summed E-state index contributed by atoms with van der Waals surface area (Å²) in [7, 11) is -1.09. The third-order valence-electron chi connectivity index (χ3n) is 3.19. The van der Waals surface area contributed by atoms with Crippen LogP contribution in [0, 0.1) is 5.41 Å². The number of carbonyl (C=O) groups excluding carboxylic acids is 1. The molecule has 1 amide bonds. The molecule has 2 aromatic rings. The number of benzene rings is 1. The van der Waals surface area contributed by atoms with Gasteiger partial charge in [0.15, 0.2) is 0 Å². The lowest BCUT2D eigenvalue weighted by Crippen LogP contribution is -2.27. The molecule has 0 radical (unpaired) electrons. The third kappa shape index (κ3) is 4.61. The van der Waals surface area contributed by atoms with Gasteiger partial charge in [-0.2, -0.15) is 8.42 Å². The fourth-order valence-electron chi connectivity index (χ4n) is 1.72. The van der Waals surface area contributed by atoms with E-state index in [0.717, 1.165) is 11.3 Å². The smallest absolute Gasteiger partial charge is 0.291 e. The fourth-order valence-corrected chi connectivity index (χ4v) is 3.69. The lowest BCUT2D eigenvalue weighted by molar-refractivity contribution is -0.123. The van der Waals surface area contributed by atoms with Crippen molar-refractivity contribution in [2.45, 2.75) is 25.1 Å². The first-order chi connectivity index (χ1) is 12.1. The van der Waals surface area contributed by atoms with Gasteiger partial charge in [-0.05, 0) is 12.1 Å². The summed E-state index contributed by atoms with van der Waals surface area (Å²) in [6.45, 7) is 5.20. The number of rotatable bonds is 6. The van der Waals surface area contributed by atoms with Crippen molar-refractivity contribution in [2.75, 3.05) is 24.3 Å². The molecule has 11 heteroatoms. The summed E-state index contributed by atoms with van der Waals surface area (Å²) in [4.78, 5) is 12.0. The molecule has 2 N–H and O–H groups in total. The summed E-state index contributed by atoms with van der Waals surface area (Å²) < 4.78 is 37.4. The Morgan fingerprint density at radius 1 is 1.15 bits per heavy atom. The Hall–Kier alpha value is -2.40. The molecule has 0 aliphatic heterocycles. The van der Waals surface area contributed by atoms with Crippen LogP contribution in [0.5, 0.6) is 11.5 Å². The SMILES string of the molecule is COc1ccc(NS(=O)(=O)c2nnc(NC(=O)C(C)(C)C)s2)c(OC)c1. The van der Waals surface area contributed by atoms with Crippen LogP contribution in [-0.4, -0.2) is 38.7 Å². The van der Waals surface area contributed by atoms with E-state index in [9.17, 15) is 13.2 Å². The van der Waals surface area contributed by atoms with Crippen molar-refractivity contribution in [3.05, 3.63) is 18.2 Å². The largest absolute Gasteiger partial charge is 0.497 e. The lowest BCUT2D eigenvalue weighted by atomic mass is 9.96. The minimum atomic E-state index is -3.99. The molecule has 0 saturated heterocycles. The van der Waals surface area contributed by atoms with Crippen LogP contribution in [0.15, 0.2) is 22.5 Å². The van der Waals surface area contributed by atoms with E-state index in [2.05, 4.69) is 20.2 Å². The highest BCUT2D eigenvalue weighted by Crippen LogP contribution is 2.32. The van der Waals surface area contributed by atoms with Gasteiger partial charge in [0.1, 0.15) is 11.5 Å². The van der Waals surface area contributed by atoms with Gasteiger partial charge in [-0.25, -0.2) is 0 Å². The molecular formula is C15H20N4O5S2. The van der Waals surface area contributed by atoms with Crippen LogP contribution in [0.4, 0.5) is 10.8 Å². The summed E-state index contributed by atoms with van der Waals surface area (Å²) in [5.74, 6) is 0.522. The summed E-state index contributed by atoms with van der Waals surface area (Å²) in [6, 6.07) is 4.65.